The molecule has 0 amide bonds. The van der Waals surface area contributed by atoms with Crippen LogP contribution in [0.25, 0.3) is 0 Å². The monoisotopic (exact) mass is 576 g/mol. The van der Waals surface area contributed by atoms with E-state index in [4.69, 9.17) is 0 Å². The molecule has 0 unspecified atom stereocenters. The molecule has 0 aromatic carbocycles. The zero-order valence-electron chi connectivity index (χ0n) is 14.7. The van der Waals surface area contributed by atoms with Crippen molar-refractivity contribution in [2.75, 3.05) is 0 Å². The van der Waals surface area contributed by atoms with Gasteiger partial charge in [-0.25, -0.2) is 0 Å². The summed E-state index contributed by atoms with van der Waals surface area (Å²) in [4.78, 5) is 0. The molecule has 0 aromatic heterocycles. The summed E-state index contributed by atoms with van der Waals surface area (Å²) < 4.78 is 6.47. The van der Waals surface area contributed by atoms with Crippen LogP contribution in [0.2, 0.25) is 17.7 Å². The standard InChI is InChI=1S/4C4H9.3ClH.2Sn/c4*1-3-4-2;;;;;/h4*1,3-4H2,2H3;3*1H;;. The second-order valence-electron chi connectivity index (χ2n) is 5.16. The third-order valence-electron chi connectivity index (χ3n) is 3.18. The maximum Gasteiger partial charge on any atom is -0.147 e. The van der Waals surface area contributed by atoms with Gasteiger partial charge in [-0.3, -0.25) is 0 Å². The molecule has 132 valence electrons. The fourth-order valence-electron chi connectivity index (χ4n) is 1.83. The third-order valence-corrected chi connectivity index (χ3v) is 13.3. The average molecular weight is 575 g/mol. The first-order chi connectivity index (χ1) is 8.76. The predicted octanol–water partition coefficient (Wildman–Crippen LogP) is 7.52. The summed E-state index contributed by atoms with van der Waals surface area (Å²) in [6.45, 7) is 9.23. The Morgan fingerprint density at radius 1 is 0.571 bits per heavy atom. The van der Waals surface area contributed by atoms with Gasteiger partial charge in [-0.05, 0) is 0 Å². The molecule has 0 N–H and O–H groups in total. The quantitative estimate of drug-likeness (QED) is 0.224. The van der Waals surface area contributed by atoms with Gasteiger partial charge in [-0.15, -0.1) is 37.2 Å². The van der Waals surface area contributed by atoms with Crippen molar-refractivity contribution in [2.24, 2.45) is 0 Å². The van der Waals surface area contributed by atoms with Gasteiger partial charge in [-0.1, -0.05) is 0 Å². The van der Waals surface area contributed by atoms with Crippen LogP contribution in [0, 0.1) is 0 Å². The van der Waals surface area contributed by atoms with Gasteiger partial charge in [0.05, 0.1) is 0 Å². The molecule has 0 bridgehead atoms. The maximum atomic E-state index is 2.33. The van der Waals surface area contributed by atoms with Crippen molar-refractivity contribution in [3.8, 4) is 0 Å². The van der Waals surface area contributed by atoms with Crippen LogP contribution in [0.5, 0.6) is 0 Å². The number of hydrogen-bond acceptors (Lipinski definition) is 0. The smallest absolute Gasteiger partial charge is 0.147 e. The minimum Gasteiger partial charge on any atom is -0.147 e. The molecule has 21 heavy (non-hydrogen) atoms. The number of unbranched alkanes of at least 4 members (excludes halogenated alkanes) is 4. The van der Waals surface area contributed by atoms with E-state index in [0.29, 0.717) is 0 Å². The fraction of sp³-hybridized carbons (Fsp3) is 1.00. The molecule has 0 atom stereocenters. The second kappa shape index (κ2) is 33.9. The SMILES string of the molecule is CCC[CH2][Sn].CCC[CH2][Sn]([CH2]CCC)[CH2]CCC.Cl.Cl.Cl. The van der Waals surface area contributed by atoms with E-state index in [9.17, 15) is 0 Å². The Morgan fingerprint density at radius 3 is 1.00 bits per heavy atom. The Balaban J connectivity index is -0.0000000933. The molecule has 0 saturated heterocycles. The summed E-state index contributed by atoms with van der Waals surface area (Å²) in [6, 6.07) is 0. The summed E-state index contributed by atoms with van der Waals surface area (Å²) in [6.07, 6.45) is 11.6. The van der Waals surface area contributed by atoms with Gasteiger partial charge >= 0.3 is 139 Å². The maximum absolute atomic E-state index is 2.33. The molecule has 0 aromatic rings. The van der Waals surface area contributed by atoms with Crippen LogP contribution in [0.3, 0.4) is 0 Å². The first kappa shape index (κ1) is 34.7. The normalized spacial score (nSPS) is 8.86. The molecule has 0 aliphatic rings. The van der Waals surface area contributed by atoms with Crippen molar-refractivity contribution < 1.29 is 0 Å². The molecule has 0 heterocycles. The van der Waals surface area contributed by atoms with Crippen LogP contribution < -0.4 is 0 Å². The van der Waals surface area contributed by atoms with Gasteiger partial charge in [-0.2, -0.15) is 0 Å². The van der Waals surface area contributed by atoms with Crippen molar-refractivity contribution >= 4 is 79.5 Å². The third kappa shape index (κ3) is 34.7. The summed E-state index contributed by atoms with van der Waals surface area (Å²) in [5, 5.41) is 0. The molecule has 0 nitrogen and oxygen atoms in total. The van der Waals surface area contributed by atoms with Gasteiger partial charge in [0.1, 0.15) is 0 Å². The van der Waals surface area contributed by atoms with Crippen molar-refractivity contribution in [3.63, 3.8) is 0 Å². The average Bonchev–Trinajstić information content (AvgIpc) is 2.39. The predicted molar refractivity (Wildman–Crippen MR) is 112 cm³/mol. The fourth-order valence-corrected chi connectivity index (χ4v) is 12.3. The summed E-state index contributed by atoms with van der Waals surface area (Å²) >= 11 is 0.846. The van der Waals surface area contributed by atoms with E-state index >= 15 is 0 Å². The summed E-state index contributed by atoms with van der Waals surface area (Å²) in [7, 11) is 0. The largest absolute Gasteiger partial charge is 0.147 e. The zero-order valence-corrected chi connectivity index (χ0v) is 22.9. The van der Waals surface area contributed by atoms with Crippen molar-refractivity contribution in [1.82, 2.24) is 0 Å². The van der Waals surface area contributed by atoms with Crippen LogP contribution in [0.15, 0.2) is 0 Å². The Morgan fingerprint density at radius 2 is 0.857 bits per heavy atom. The minimum atomic E-state index is -0.839. The molecule has 5 heteroatoms. The molecule has 0 saturated carbocycles. The Hall–Kier alpha value is 2.47. The van der Waals surface area contributed by atoms with E-state index in [0.717, 1.165) is 0 Å². The first-order valence-corrected chi connectivity index (χ1v) is 16.3. The van der Waals surface area contributed by atoms with Crippen LogP contribution in [-0.2, 0) is 0 Å². The molecular weight excluding hydrogens is 536 g/mol. The van der Waals surface area contributed by atoms with E-state index < -0.39 is 19.8 Å². The number of hydrogen-bond donors (Lipinski definition) is 0. The van der Waals surface area contributed by atoms with Gasteiger partial charge in [0.15, 0.2) is 0 Å². The van der Waals surface area contributed by atoms with Gasteiger partial charge in [0.25, 0.3) is 0 Å². The zero-order chi connectivity index (χ0) is 14.1. The van der Waals surface area contributed by atoms with E-state index in [1.807, 2.05) is 0 Å². The van der Waals surface area contributed by atoms with Gasteiger partial charge < -0.3 is 0 Å². The van der Waals surface area contributed by atoms with Crippen molar-refractivity contribution in [3.05, 3.63) is 0 Å². The molecular formula is C16H39Cl3Sn2. The van der Waals surface area contributed by atoms with Crippen LogP contribution in [0.1, 0.15) is 79.1 Å². The molecule has 0 fully saturated rings. The van der Waals surface area contributed by atoms with E-state index in [-0.39, 0.29) is 37.2 Å². The Kier molecular flexibility index (Phi) is 56.1. The van der Waals surface area contributed by atoms with E-state index in [1.165, 1.54) is 55.8 Å². The van der Waals surface area contributed by atoms with Crippen molar-refractivity contribution in [2.45, 2.75) is 96.8 Å². The molecule has 0 aliphatic heterocycles. The van der Waals surface area contributed by atoms with Gasteiger partial charge in [0, 0.05) is 0 Å². The topological polar surface area (TPSA) is 0 Å². The first-order valence-electron chi connectivity index (χ1n) is 8.24. The van der Waals surface area contributed by atoms with E-state index in [1.54, 1.807) is 35.8 Å². The summed E-state index contributed by atoms with van der Waals surface area (Å²) in [5.41, 5.74) is 0. The molecule has 0 rings (SSSR count). The van der Waals surface area contributed by atoms with Crippen LogP contribution in [-0.4, -0.2) is 42.3 Å². The minimum absolute atomic E-state index is 0. The Bertz CT molecular complexity index is 118. The Labute approximate surface area is 174 Å². The van der Waals surface area contributed by atoms with Crippen molar-refractivity contribution in [1.29, 1.82) is 0 Å². The van der Waals surface area contributed by atoms with Crippen LogP contribution in [0.4, 0.5) is 0 Å². The number of halogens is 3. The number of rotatable bonds is 11. The molecule has 4 radical (unpaired) electrons. The van der Waals surface area contributed by atoms with E-state index in [2.05, 4.69) is 27.7 Å². The molecule has 0 aliphatic carbocycles. The van der Waals surface area contributed by atoms with Crippen LogP contribution >= 0.6 is 37.2 Å². The summed E-state index contributed by atoms with van der Waals surface area (Å²) in [5.74, 6) is 0. The van der Waals surface area contributed by atoms with Gasteiger partial charge in [0.2, 0.25) is 0 Å². The second-order valence-corrected chi connectivity index (χ2v) is 15.2. The molecule has 0 spiro atoms.